The molecule has 0 radical (unpaired) electrons. The highest BCUT2D eigenvalue weighted by Gasteiger charge is 2.25. The molecule has 5 heteroatoms. The van der Waals surface area contributed by atoms with E-state index in [-0.39, 0.29) is 0 Å². The summed E-state index contributed by atoms with van der Waals surface area (Å²) >= 11 is 0. The molecule has 0 unspecified atom stereocenters. The summed E-state index contributed by atoms with van der Waals surface area (Å²) in [5, 5.41) is 3.42. The van der Waals surface area contributed by atoms with Gasteiger partial charge >= 0.3 is 0 Å². The number of nitrogens with one attached hydrogen (secondary N) is 1. The maximum absolute atomic E-state index is 4.66. The molecule has 1 aliphatic carbocycles. The summed E-state index contributed by atoms with van der Waals surface area (Å²) in [6.07, 6.45) is 10.4. The highest BCUT2D eigenvalue weighted by molar-refractivity contribution is 5.65. The topological polar surface area (TPSA) is 55.1 Å². The van der Waals surface area contributed by atoms with Crippen LogP contribution in [0.3, 0.4) is 0 Å². The Labute approximate surface area is 151 Å². The molecule has 3 heterocycles. The summed E-state index contributed by atoms with van der Waals surface area (Å²) < 4.78 is 2.03. The van der Waals surface area contributed by atoms with Crippen LogP contribution in [0.1, 0.15) is 30.1 Å². The van der Waals surface area contributed by atoms with Gasteiger partial charge in [-0.15, -0.1) is 0 Å². The zero-order valence-corrected chi connectivity index (χ0v) is 14.3. The molecule has 0 spiro atoms. The lowest BCUT2D eigenvalue weighted by Crippen LogP contribution is -2.02. The minimum absolute atomic E-state index is 0.601. The molecule has 26 heavy (non-hydrogen) atoms. The van der Waals surface area contributed by atoms with Crippen LogP contribution in [0.2, 0.25) is 0 Å². The van der Waals surface area contributed by atoms with Crippen LogP contribution in [-0.4, -0.2) is 19.4 Å². The quantitative estimate of drug-likeness (QED) is 0.589. The molecule has 0 amide bonds. The van der Waals surface area contributed by atoms with Crippen LogP contribution < -0.4 is 5.32 Å². The molecule has 1 aliphatic rings. The molecule has 4 aromatic rings. The van der Waals surface area contributed by atoms with Crippen molar-refractivity contribution in [2.75, 3.05) is 5.32 Å². The van der Waals surface area contributed by atoms with E-state index in [1.807, 2.05) is 41.2 Å². The molecule has 0 atom stereocenters. The summed E-state index contributed by atoms with van der Waals surface area (Å²) in [4.78, 5) is 13.6. The predicted molar refractivity (Wildman–Crippen MR) is 102 cm³/mol. The van der Waals surface area contributed by atoms with Crippen LogP contribution >= 0.6 is 0 Å². The van der Waals surface area contributed by atoms with Gasteiger partial charge in [0.05, 0.1) is 5.69 Å². The van der Waals surface area contributed by atoms with E-state index >= 15 is 0 Å². The summed E-state index contributed by atoms with van der Waals surface area (Å²) in [6, 6.07) is 14.4. The molecule has 0 aliphatic heterocycles. The van der Waals surface area contributed by atoms with Crippen LogP contribution in [0.25, 0.3) is 16.9 Å². The minimum Gasteiger partial charge on any atom is -0.381 e. The molecule has 1 fully saturated rings. The maximum Gasteiger partial charge on any atom is 0.137 e. The van der Waals surface area contributed by atoms with Crippen molar-refractivity contribution in [2.45, 2.75) is 25.3 Å². The third-order valence-electron chi connectivity index (χ3n) is 4.71. The molecule has 1 saturated carbocycles. The third-order valence-corrected chi connectivity index (χ3v) is 4.71. The van der Waals surface area contributed by atoms with Gasteiger partial charge in [-0.1, -0.05) is 18.2 Å². The Morgan fingerprint density at radius 2 is 1.81 bits per heavy atom. The lowest BCUT2D eigenvalue weighted by Gasteiger charge is -2.07. The molecule has 0 bridgehead atoms. The number of pyridine rings is 1. The van der Waals surface area contributed by atoms with Crippen molar-refractivity contribution < 1.29 is 0 Å². The van der Waals surface area contributed by atoms with Gasteiger partial charge in [-0.25, -0.2) is 15.0 Å². The lowest BCUT2D eigenvalue weighted by molar-refractivity contribution is 0.905. The van der Waals surface area contributed by atoms with Gasteiger partial charge in [0.1, 0.15) is 11.5 Å². The number of hydrogen-bond acceptors (Lipinski definition) is 4. The molecule has 1 N–H and O–H groups in total. The average molecular weight is 341 g/mol. The smallest absolute Gasteiger partial charge is 0.137 e. The van der Waals surface area contributed by atoms with Gasteiger partial charge < -0.3 is 9.72 Å². The first-order valence-corrected chi connectivity index (χ1v) is 8.94. The van der Waals surface area contributed by atoms with E-state index in [9.17, 15) is 0 Å². The zero-order chi connectivity index (χ0) is 17.3. The molecule has 3 aromatic heterocycles. The molecule has 128 valence electrons. The molecular weight excluding hydrogens is 322 g/mol. The number of rotatable bonds is 5. The molecule has 1 aromatic carbocycles. The third kappa shape index (κ3) is 3.04. The van der Waals surface area contributed by atoms with E-state index in [1.54, 1.807) is 0 Å². The van der Waals surface area contributed by atoms with Crippen molar-refractivity contribution in [1.82, 2.24) is 19.4 Å². The van der Waals surface area contributed by atoms with Gasteiger partial charge in [0, 0.05) is 54.1 Å². The first-order valence-electron chi connectivity index (χ1n) is 8.94. The largest absolute Gasteiger partial charge is 0.381 e. The number of fused-ring (bicyclic) bond motifs is 1. The van der Waals surface area contributed by atoms with Gasteiger partial charge in [0.15, 0.2) is 0 Å². The number of nitrogens with zero attached hydrogens (tertiary/aromatic N) is 4. The Hall–Kier alpha value is -3.21. The molecular formula is C21H19N5. The van der Waals surface area contributed by atoms with Crippen LogP contribution in [0, 0.1) is 0 Å². The maximum atomic E-state index is 4.66. The Balaban J connectivity index is 1.27. The van der Waals surface area contributed by atoms with Gasteiger partial charge in [-0.2, -0.15) is 0 Å². The fourth-order valence-corrected chi connectivity index (χ4v) is 3.05. The van der Waals surface area contributed by atoms with E-state index in [0.717, 1.165) is 40.5 Å². The van der Waals surface area contributed by atoms with Crippen LogP contribution in [0.5, 0.6) is 0 Å². The van der Waals surface area contributed by atoms with Gasteiger partial charge in [-0.05, 0) is 37.1 Å². The molecule has 5 nitrogen and oxygen atoms in total. The minimum atomic E-state index is 0.601. The second-order valence-electron chi connectivity index (χ2n) is 6.75. The standard InChI is InChI=1S/C21H19N5/c1-2-10-26-14-19(25-20(26)3-1)16-6-8-18(9-7-16)22-11-15-12-23-21(24-13-15)17-4-5-17/h1-3,6-10,12-14,17,22H,4-5,11H2. The van der Waals surface area contributed by atoms with E-state index in [4.69, 9.17) is 0 Å². The summed E-state index contributed by atoms with van der Waals surface area (Å²) in [5.74, 6) is 1.59. The monoisotopic (exact) mass is 341 g/mol. The Morgan fingerprint density at radius 1 is 1.00 bits per heavy atom. The lowest BCUT2D eigenvalue weighted by atomic mass is 10.1. The second-order valence-corrected chi connectivity index (χ2v) is 6.75. The van der Waals surface area contributed by atoms with Crippen molar-refractivity contribution in [2.24, 2.45) is 0 Å². The van der Waals surface area contributed by atoms with Crippen molar-refractivity contribution >= 4 is 11.3 Å². The van der Waals surface area contributed by atoms with Crippen molar-refractivity contribution in [3.63, 3.8) is 0 Å². The summed E-state index contributed by atoms with van der Waals surface area (Å²) in [7, 11) is 0. The summed E-state index contributed by atoms with van der Waals surface area (Å²) in [6.45, 7) is 0.721. The van der Waals surface area contributed by atoms with Gasteiger partial charge in [-0.3, -0.25) is 0 Å². The van der Waals surface area contributed by atoms with Gasteiger partial charge in [0.25, 0.3) is 0 Å². The fraction of sp³-hybridized carbons (Fsp3) is 0.190. The SMILES string of the molecule is c1ccn2cc(-c3ccc(NCc4cnc(C5CC5)nc4)cc3)nc2c1. The number of imidazole rings is 1. The van der Waals surface area contributed by atoms with E-state index in [2.05, 4.69) is 50.7 Å². The van der Waals surface area contributed by atoms with Crippen molar-refractivity contribution in [1.29, 1.82) is 0 Å². The highest BCUT2D eigenvalue weighted by atomic mass is 15.0. The van der Waals surface area contributed by atoms with Crippen molar-refractivity contribution in [3.8, 4) is 11.3 Å². The zero-order valence-electron chi connectivity index (χ0n) is 14.3. The van der Waals surface area contributed by atoms with Crippen LogP contribution in [0.15, 0.2) is 67.3 Å². The number of aromatic nitrogens is 4. The average Bonchev–Trinajstić information content (AvgIpc) is 3.45. The number of benzene rings is 1. The molecule has 0 saturated heterocycles. The fourth-order valence-electron chi connectivity index (χ4n) is 3.05. The molecule has 5 rings (SSSR count). The van der Waals surface area contributed by atoms with Crippen LogP contribution in [-0.2, 0) is 6.54 Å². The second kappa shape index (κ2) is 6.26. The van der Waals surface area contributed by atoms with E-state index in [0.29, 0.717) is 5.92 Å². The van der Waals surface area contributed by atoms with Crippen molar-refractivity contribution in [3.05, 3.63) is 78.6 Å². The Morgan fingerprint density at radius 3 is 2.54 bits per heavy atom. The van der Waals surface area contributed by atoms with E-state index < -0.39 is 0 Å². The summed E-state index contributed by atoms with van der Waals surface area (Å²) in [5.41, 5.74) is 5.21. The first kappa shape index (κ1) is 15.1. The Bertz CT molecular complexity index is 997. The van der Waals surface area contributed by atoms with E-state index in [1.165, 1.54) is 12.8 Å². The predicted octanol–water partition coefficient (Wildman–Crippen LogP) is 4.28. The highest BCUT2D eigenvalue weighted by Crippen LogP contribution is 2.37. The number of hydrogen-bond donors (Lipinski definition) is 1. The van der Waals surface area contributed by atoms with Gasteiger partial charge in [0.2, 0.25) is 0 Å². The Kier molecular flexibility index (Phi) is 3.63. The normalized spacial score (nSPS) is 13.8. The first-order chi connectivity index (χ1) is 12.8. The van der Waals surface area contributed by atoms with Crippen LogP contribution in [0.4, 0.5) is 5.69 Å². The number of anilines is 1.